The molecule has 0 atom stereocenters. The minimum absolute atomic E-state index is 0.110. The smallest absolute Gasteiger partial charge is 0.123 e. The average molecular weight is 401 g/mol. The molecule has 5 rings (SSSR count). The first kappa shape index (κ1) is 19.3. The molecule has 4 nitrogen and oxygen atoms in total. The zero-order valence-electron chi connectivity index (χ0n) is 18.3. The highest BCUT2D eigenvalue weighted by Gasteiger charge is 2.44. The summed E-state index contributed by atoms with van der Waals surface area (Å²) in [4.78, 5) is 10.6. The van der Waals surface area contributed by atoms with E-state index >= 15 is 0 Å². The van der Waals surface area contributed by atoms with Crippen LogP contribution in [0.1, 0.15) is 70.4 Å². The van der Waals surface area contributed by atoms with E-state index in [2.05, 4.69) is 71.5 Å². The lowest BCUT2D eigenvalue weighted by Crippen LogP contribution is -2.37. The summed E-state index contributed by atoms with van der Waals surface area (Å²) in [6.45, 7) is 6.54. The first-order valence-electron chi connectivity index (χ1n) is 11.7. The third-order valence-corrected chi connectivity index (χ3v) is 6.77. The van der Waals surface area contributed by atoms with Crippen LogP contribution in [0.25, 0.3) is 22.1 Å². The van der Waals surface area contributed by atoms with Crippen molar-refractivity contribution in [2.75, 3.05) is 0 Å². The van der Waals surface area contributed by atoms with Crippen molar-refractivity contribution >= 4 is 22.1 Å². The lowest BCUT2D eigenvalue weighted by Gasteiger charge is -2.37. The van der Waals surface area contributed by atoms with E-state index in [4.69, 9.17) is 9.97 Å². The molecular formula is C26H32N4. The van der Waals surface area contributed by atoms with Crippen molar-refractivity contribution in [3.05, 3.63) is 60.2 Å². The molecule has 1 aliphatic carbocycles. The van der Waals surface area contributed by atoms with Crippen LogP contribution in [0, 0.1) is 0 Å². The Morgan fingerprint density at radius 3 is 1.63 bits per heavy atom. The molecule has 156 valence electrons. The molecule has 0 N–H and O–H groups in total. The van der Waals surface area contributed by atoms with Crippen LogP contribution in [-0.2, 0) is 18.5 Å². The zero-order chi connectivity index (χ0) is 20.6. The third kappa shape index (κ3) is 2.96. The number of aryl methyl sites for hydroxylation is 2. The molecular weight excluding hydrogens is 368 g/mol. The molecule has 0 spiro atoms. The normalized spacial score (nSPS) is 16.5. The van der Waals surface area contributed by atoms with Crippen LogP contribution in [0.2, 0.25) is 0 Å². The molecule has 0 radical (unpaired) electrons. The SMILES string of the molecule is CCCn1c(C2(c3nc4ccccc4n3CCC)CCCCC2)nc2ccccc21. The van der Waals surface area contributed by atoms with Gasteiger partial charge in [-0.1, -0.05) is 57.4 Å². The highest BCUT2D eigenvalue weighted by atomic mass is 15.1. The molecule has 0 unspecified atom stereocenters. The van der Waals surface area contributed by atoms with Gasteiger partial charge in [-0.05, 0) is 49.9 Å². The number of imidazole rings is 2. The summed E-state index contributed by atoms with van der Waals surface area (Å²) in [6, 6.07) is 17.3. The number of fused-ring (bicyclic) bond motifs is 2. The van der Waals surface area contributed by atoms with Crippen molar-refractivity contribution in [1.82, 2.24) is 19.1 Å². The second kappa shape index (κ2) is 7.90. The van der Waals surface area contributed by atoms with Crippen LogP contribution >= 0.6 is 0 Å². The number of aromatic nitrogens is 4. The Bertz CT molecular complexity index is 1070. The molecule has 0 bridgehead atoms. The van der Waals surface area contributed by atoms with Crippen molar-refractivity contribution in [1.29, 1.82) is 0 Å². The second-order valence-corrected chi connectivity index (χ2v) is 8.79. The monoisotopic (exact) mass is 400 g/mol. The Morgan fingerprint density at radius 2 is 1.17 bits per heavy atom. The summed E-state index contributed by atoms with van der Waals surface area (Å²) in [5.74, 6) is 2.47. The van der Waals surface area contributed by atoms with Crippen molar-refractivity contribution in [2.24, 2.45) is 0 Å². The Hall–Kier alpha value is -2.62. The van der Waals surface area contributed by atoms with E-state index in [-0.39, 0.29) is 5.41 Å². The maximum absolute atomic E-state index is 5.28. The topological polar surface area (TPSA) is 35.6 Å². The predicted molar refractivity (Wildman–Crippen MR) is 124 cm³/mol. The van der Waals surface area contributed by atoms with E-state index < -0.39 is 0 Å². The molecule has 4 aromatic rings. The second-order valence-electron chi connectivity index (χ2n) is 8.79. The zero-order valence-corrected chi connectivity index (χ0v) is 18.3. The standard InChI is InChI=1S/C26H32N4/c1-3-18-29-22-14-8-6-12-20(22)27-24(29)26(16-10-5-11-17-26)25-28-21-13-7-9-15-23(21)30(25)19-4-2/h6-9,12-15H,3-5,10-11,16-19H2,1-2H3. The largest absolute Gasteiger partial charge is 0.327 e. The van der Waals surface area contributed by atoms with Crippen LogP contribution in [0.15, 0.2) is 48.5 Å². The van der Waals surface area contributed by atoms with E-state index in [1.54, 1.807) is 0 Å². The molecule has 1 aliphatic rings. The first-order chi connectivity index (χ1) is 14.8. The summed E-state index contributed by atoms with van der Waals surface area (Å²) in [5.41, 5.74) is 4.64. The van der Waals surface area contributed by atoms with E-state index in [0.717, 1.165) is 49.8 Å². The van der Waals surface area contributed by atoms with Gasteiger partial charge >= 0.3 is 0 Å². The van der Waals surface area contributed by atoms with Crippen LogP contribution < -0.4 is 0 Å². The number of para-hydroxylation sites is 4. The average Bonchev–Trinajstić information content (AvgIpc) is 3.35. The molecule has 0 aliphatic heterocycles. The highest BCUT2D eigenvalue weighted by molar-refractivity contribution is 5.78. The maximum Gasteiger partial charge on any atom is 0.123 e. The van der Waals surface area contributed by atoms with Gasteiger partial charge in [-0.15, -0.1) is 0 Å². The molecule has 30 heavy (non-hydrogen) atoms. The van der Waals surface area contributed by atoms with Gasteiger partial charge in [0.1, 0.15) is 11.6 Å². The van der Waals surface area contributed by atoms with Crippen molar-refractivity contribution in [3.63, 3.8) is 0 Å². The fourth-order valence-electron chi connectivity index (χ4n) is 5.48. The molecule has 2 aromatic carbocycles. The Kier molecular flexibility index (Phi) is 5.10. The number of hydrogen-bond donors (Lipinski definition) is 0. The van der Waals surface area contributed by atoms with Gasteiger partial charge < -0.3 is 9.13 Å². The number of hydrogen-bond acceptors (Lipinski definition) is 2. The Labute approximate surface area is 179 Å². The summed E-state index contributed by atoms with van der Waals surface area (Å²) < 4.78 is 4.99. The minimum atomic E-state index is -0.110. The quantitative estimate of drug-likeness (QED) is 0.372. The molecule has 0 saturated heterocycles. The Morgan fingerprint density at radius 1 is 0.700 bits per heavy atom. The van der Waals surface area contributed by atoms with Gasteiger partial charge in [0.2, 0.25) is 0 Å². The van der Waals surface area contributed by atoms with Gasteiger partial charge in [0.25, 0.3) is 0 Å². The van der Waals surface area contributed by atoms with Gasteiger partial charge in [-0.2, -0.15) is 0 Å². The van der Waals surface area contributed by atoms with Crippen molar-refractivity contribution < 1.29 is 0 Å². The maximum atomic E-state index is 5.28. The molecule has 4 heteroatoms. The van der Waals surface area contributed by atoms with Crippen LogP contribution in [0.5, 0.6) is 0 Å². The number of nitrogens with zero attached hydrogens (tertiary/aromatic N) is 4. The van der Waals surface area contributed by atoms with Gasteiger partial charge in [-0.3, -0.25) is 0 Å². The molecule has 0 amide bonds. The van der Waals surface area contributed by atoms with Crippen LogP contribution in [-0.4, -0.2) is 19.1 Å². The number of rotatable bonds is 6. The number of benzene rings is 2. The lowest BCUT2D eigenvalue weighted by molar-refractivity contribution is 0.298. The van der Waals surface area contributed by atoms with Crippen LogP contribution in [0.4, 0.5) is 0 Å². The molecule has 1 fully saturated rings. The van der Waals surface area contributed by atoms with Gasteiger partial charge in [0.05, 0.1) is 27.5 Å². The molecule has 2 aromatic heterocycles. The first-order valence-corrected chi connectivity index (χ1v) is 11.7. The minimum Gasteiger partial charge on any atom is -0.327 e. The van der Waals surface area contributed by atoms with E-state index in [9.17, 15) is 0 Å². The fraction of sp³-hybridized carbons (Fsp3) is 0.462. The Balaban J connectivity index is 1.81. The van der Waals surface area contributed by atoms with E-state index in [1.165, 1.54) is 41.9 Å². The van der Waals surface area contributed by atoms with Gasteiger partial charge in [0.15, 0.2) is 0 Å². The summed E-state index contributed by atoms with van der Waals surface area (Å²) in [5, 5.41) is 0. The fourth-order valence-corrected chi connectivity index (χ4v) is 5.48. The lowest BCUT2D eigenvalue weighted by atomic mass is 9.72. The predicted octanol–water partition coefficient (Wildman–Crippen LogP) is 6.46. The van der Waals surface area contributed by atoms with E-state index in [1.807, 2.05) is 0 Å². The van der Waals surface area contributed by atoms with Crippen molar-refractivity contribution in [3.8, 4) is 0 Å². The van der Waals surface area contributed by atoms with Gasteiger partial charge in [-0.25, -0.2) is 9.97 Å². The van der Waals surface area contributed by atoms with Gasteiger partial charge in [0, 0.05) is 13.1 Å². The third-order valence-electron chi connectivity index (χ3n) is 6.77. The summed E-state index contributed by atoms with van der Waals surface area (Å²) >= 11 is 0. The molecule has 2 heterocycles. The van der Waals surface area contributed by atoms with Crippen LogP contribution in [0.3, 0.4) is 0 Å². The highest BCUT2D eigenvalue weighted by Crippen LogP contribution is 2.45. The summed E-state index contributed by atoms with van der Waals surface area (Å²) in [7, 11) is 0. The summed E-state index contributed by atoms with van der Waals surface area (Å²) in [6.07, 6.45) is 8.27. The van der Waals surface area contributed by atoms with Crippen molar-refractivity contribution in [2.45, 2.75) is 77.3 Å². The van der Waals surface area contributed by atoms with E-state index in [0.29, 0.717) is 0 Å². The molecule has 1 saturated carbocycles.